The number of alkyl halides is 1. The number of rotatable bonds is 5. The third-order valence-corrected chi connectivity index (χ3v) is 4.95. The lowest BCUT2D eigenvalue weighted by Crippen LogP contribution is -2.23. The molecule has 0 aromatic heterocycles. The van der Waals surface area contributed by atoms with Crippen LogP contribution in [0.2, 0.25) is 5.02 Å². The summed E-state index contributed by atoms with van der Waals surface area (Å²) in [6.07, 6.45) is 0. The maximum atomic E-state index is 12.2. The zero-order valence-electron chi connectivity index (χ0n) is 10.5. The molecule has 0 spiro atoms. The first-order valence-corrected chi connectivity index (χ1v) is 8.30. The maximum absolute atomic E-state index is 12.2. The van der Waals surface area contributed by atoms with Gasteiger partial charge in [0.2, 0.25) is 10.0 Å². The predicted octanol–water partition coefficient (Wildman–Crippen LogP) is 3.56. The molecule has 0 aliphatic carbocycles. The minimum Gasteiger partial charge on any atom is -0.207 e. The number of nitrogens with one attached hydrogen (secondary N) is 1. The van der Waals surface area contributed by atoms with E-state index in [1.807, 2.05) is 24.3 Å². The molecule has 1 N–H and O–H groups in total. The van der Waals surface area contributed by atoms with Crippen LogP contribution in [0.4, 0.5) is 0 Å². The Balaban J connectivity index is 2.15. The van der Waals surface area contributed by atoms with Gasteiger partial charge in [0.25, 0.3) is 0 Å². The van der Waals surface area contributed by atoms with Gasteiger partial charge in [-0.1, -0.05) is 48.0 Å². The van der Waals surface area contributed by atoms with Crippen LogP contribution in [0.5, 0.6) is 0 Å². The van der Waals surface area contributed by atoms with Gasteiger partial charge in [0.1, 0.15) is 4.90 Å². The number of halogens is 2. The second-order valence-electron chi connectivity index (χ2n) is 4.21. The molecule has 0 saturated carbocycles. The first-order chi connectivity index (χ1) is 9.53. The lowest BCUT2D eigenvalue weighted by molar-refractivity contribution is 0.581. The van der Waals surface area contributed by atoms with E-state index in [-0.39, 0.29) is 16.5 Å². The summed E-state index contributed by atoms with van der Waals surface area (Å²) in [5, 5.41) is 0.203. The zero-order valence-corrected chi connectivity index (χ0v) is 12.8. The van der Waals surface area contributed by atoms with Crippen molar-refractivity contribution in [3.63, 3.8) is 0 Å². The fourth-order valence-corrected chi connectivity index (χ4v) is 3.44. The van der Waals surface area contributed by atoms with Crippen LogP contribution in [0.1, 0.15) is 11.1 Å². The number of sulfonamides is 1. The molecule has 0 bridgehead atoms. The Morgan fingerprint density at radius 2 is 1.70 bits per heavy atom. The molecule has 0 radical (unpaired) electrons. The van der Waals surface area contributed by atoms with Gasteiger partial charge in [-0.3, -0.25) is 0 Å². The van der Waals surface area contributed by atoms with Crippen molar-refractivity contribution in [2.75, 3.05) is 0 Å². The van der Waals surface area contributed by atoms with Gasteiger partial charge in [-0.05, 0) is 23.3 Å². The van der Waals surface area contributed by atoms with E-state index >= 15 is 0 Å². The minimum atomic E-state index is -3.62. The Morgan fingerprint density at radius 1 is 1.00 bits per heavy atom. The van der Waals surface area contributed by atoms with Crippen molar-refractivity contribution in [3.05, 3.63) is 64.7 Å². The lowest BCUT2D eigenvalue weighted by Gasteiger charge is -2.09. The summed E-state index contributed by atoms with van der Waals surface area (Å²) < 4.78 is 26.8. The van der Waals surface area contributed by atoms with Crippen LogP contribution < -0.4 is 4.72 Å². The summed E-state index contributed by atoms with van der Waals surface area (Å²) in [5.41, 5.74) is 1.79. The van der Waals surface area contributed by atoms with Crippen LogP contribution in [0.3, 0.4) is 0 Å². The first kappa shape index (κ1) is 15.3. The van der Waals surface area contributed by atoms with E-state index in [1.54, 1.807) is 18.2 Å². The molecule has 0 saturated heterocycles. The molecule has 2 rings (SSSR count). The third kappa shape index (κ3) is 3.73. The fraction of sp³-hybridized carbons (Fsp3) is 0.143. The van der Waals surface area contributed by atoms with Gasteiger partial charge in [0, 0.05) is 12.4 Å². The van der Waals surface area contributed by atoms with E-state index < -0.39 is 10.0 Å². The highest BCUT2D eigenvalue weighted by atomic mass is 35.5. The van der Waals surface area contributed by atoms with Crippen LogP contribution in [-0.4, -0.2) is 8.42 Å². The molecule has 0 heterocycles. The van der Waals surface area contributed by atoms with Crippen molar-refractivity contribution < 1.29 is 8.42 Å². The van der Waals surface area contributed by atoms with E-state index in [9.17, 15) is 8.42 Å². The summed E-state index contributed by atoms with van der Waals surface area (Å²) in [6.45, 7) is 0.193. The normalized spacial score (nSPS) is 11.5. The Labute approximate surface area is 128 Å². The van der Waals surface area contributed by atoms with E-state index in [4.69, 9.17) is 23.2 Å². The average Bonchev–Trinajstić information content (AvgIpc) is 2.46. The smallest absolute Gasteiger partial charge is 0.207 e. The summed E-state index contributed by atoms with van der Waals surface area (Å²) in [7, 11) is -3.62. The van der Waals surface area contributed by atoms with Crippen molar-refractivity contribution in [1.82, 2.24) is 4.72 Å². The van der Waals surface area contributed by atoms with Gasteiger partial charge in [-0.2, -0.15) is 0 Å². The van der Waals surface area contributed by atoms with Crippen LogP contribution in [0, 0.1) is 0 Å². The predicted molar refractivity (Wildman–Crippen MR) is 81.5 cm³/mol. The van der Waals surface area contributed by atoms with Gasteiger partial charge in [0.15, 0.2) is 0 Å². The molecule has 0 unspecified atom stereocenters. The Hall–Kier alpha value is -1.07. The van der Waals surface area contributed by atoms with Crippen LogP contribution in [0.25, 0.3) is 0 Å². The molecule has 0 aliphatic heterocycles. The quantitative estimate of drug-likeness (QED) is 0.852. The van der Waals surface area contributed by atoms with Gasteiger partial charge < -0.3 is 0 Å². The van der Waals surface area contributed by atoms with Crippen LogP contribution in [-0.2, 0) is 22.4 Å². The maximum Gasteiger partial charge on any atom is 0.242 e. The Bertz CT molecular complexity index is 702. The molecule has 20 heavy (non-hydrogen) atoms. The summed E-state index contributed by atoms with van der Waals surface area (Å²) >= 11 is 11.7. The standard InChI is InChI=1S/C14H13Cl2NO2S/c15-9-11-4-3-5-12(8-11)10-17-20(18,19)14-7-2-1-6-13(14)16/h1-8,17H,9-10H2. The third-order valence-electron chi connectivity index (χ3n) is 2.74. The van der Waals surface area contributed by atoms with Gasteiger partial charge in [-0.15, -0.1) is 11.6 Å². The van der Waals surface area contributed by atoms with E-state index in [0.717, 1.165) is 11.1 Å². The highest BCUT2D eigenvalue weighted by molar-refractivity contribution is 7.89. The highest BCUT2D eigenvalue weighted by Gasteiger charge is 2.16. The average molecular weight is 330 g/mol. The largest absolute Gasteiger partial charge is 0.242 e. The molecule has 2 aromatic carbocycles. The Kier molecular flexibility index (Phi) is 5.05. The second kappa shape index (κ2) is 6.59. The van der Waals surface area contributed by atoms with Crippen LogP contribution >= 0.6 is 23.2 Å². The van der Waals surface area contributed by atoms with Crippen molar-refractivity contribution in [3.8, 4) is 0 Å². The molecular formula is C14H13Cl2NO2S. The monoisotopic (exact) mass is 329 g/mol. The second-order valence-corrected chi connectivity index (χ2v) is 6.62. The van der Waals surface area contributed by atoms with Gasteiger partial charge >= 0.3 is 0 Å². The van der Waals surface area contributed by atoms with Crippen molar-refractivity contribution in [1.29, 1.82) is 0 Å². The summed E-state index contributed by atoms with van der Waals surface area (Å²) in [4.78, 5) is 0.0789. The highest BCUT2D eigenvalue weighted by Crippen LogP contribution is 2.20. The topological polar surface area (TPSA) is 46.2 Å². The van der Waals surface area contributed by atoms with Crippen LogP contribution in [0.15, 0.2) is 53.4 Å². The molecular weight excluding hydrogens is 317 g/mol. The molecule has 0 aliphatic rings. The zero-order chi connectivity index (χ0) is 14.6. The summed E-state index contributed by atoms with van der Waals surface area (Å²) in [6, 6.07) is 13.8. The lowest BCUT2D eigenvalue weighted by atomic mass is 10.1. The number of hydrogen-bond acceptors (Lipinski definition) is 2. The first-order valence-electron chi connectivity index (χ1n) is 5.91. The Morgan fingerprint density at radius 3 is 2.40 bits per heavy atom. The molecule has 106 valence electrons. The molecule has 0 atom stereocenters. The van der Waals surface area contributed by atoms with Crippen molar-refractivity contribution in [2.24, 2.45) is 0 Å². The van der Waals surface area contributed by atoms with Crippen molar-refractivity contribution in [2.45, 2.75) is 17.3 Å². The minimum absolute atomic E-state index is 0.0789. The van der Waals surface area contributed by atoms with Gasteiger partial charge in [0.05, 0.1) is 5.02 Å². The molecule has 0 amide bonds. The molecule has 6 heteroatoms. The molecule has 2 aromatic rings. The SMILES string of the molecule is O=S(=O)(NCc1cccc(CCl)c1)c1ccccc1Cl. The van der Waals surface area contributed by atoms with E-state index in [0.29, 0.717) is 5.88 Å². The van der Waals surface area contributed by atoms with Crippen molar-refractivity contribution >= 4 is 33.2 Å². The van der Waals surface area contributed by atoms with Gasteiger partial charge in [-0.25, -0.2) is 13.1 Å². The molecule has 0 fully saturated rings. The van der Waals surface area contributed by atoms with E-state index in [2.05, 4.69) is 4.72 Å². The molecule has 3 nitrogen and oxygen atoms in total. The number of benzene rings is 2. The summed E-state index contributed by atoms with van der Waals surface area (Å²) in [5.74, 6) is 0.394. The fourth-order valence-electron chi connectivity index (χ4n) is 1.74. The van der Waals surface area contributed by atoms with E-state index in [1.165, 1.54) is 6.07 Å². The number of hydrogen-bond donors (Lipinski definition) is 1.